The second kappa shape index (κ2) is 11.7. The third-order valence-electron chi connectivity index (χ3n) is 7.62. The number of ether oxygens (including phenoxy) is 1. The molecule has 0 N–H and O–H groups in total. The Morgan fingerprint density at radius 3 is 2.31 bits per heavy atom. The van der Waals surface area contributed by atoms with E-state index in [4.69, 9.17) is 4.74 Å². The van der Waals surface area contributed by atoms with E-state index in [1.165, 1.54) is 4.90 Å². The van der Waals surface area contributed by atoms with Gasteiger partial charge < -0.3 is 4.74 Å². The molecule has 0 spiro atoms. The first-order valence-corrected chi connectivity index (χ1v) is 14.9. The third kappa shape index (κ3) is 5.89. The zero-order chi connectivity index (χ0) is 27.4. The predicted octanol–water partition coefficient (Wildman–Crippen LogP) is 4.62. The van der Waals surface area contributed by atoms with Gasteiger partial charge in [-0.1, -0.05) is 37.3 Å². The van der Waals surface area contributed by atoms with Crippen molar-refractivity contribution in [2.24, 2.45) is 0 Å². The molecule has 2 saturated heterocycles. The third-order valence-corrected chi connectivity index (χ3v) is 9.51. The molecule has 0 aliphatic carbocycles. The van der Waals surface area contributed by atoms with Gasteiger partial charge in [0, 0.05) is 56.7 Å². The first-order chi connectivity index (χ1) is 18.8. The Labute approximate surface area is 229 Å². The molecule has 39 heavy (non-hydrogen) atoms. The Balaban J connectivity index is 1.26. The largest absolute Gasteiger partial charge is 0.494 e. The molecule has 1 aromatic heterocycles. The molecule has 9 heteroatoms. The van der Waals surface area contributed by atoms with E-state index >= 15 is 0 Å². The van der Waals surface area contributed by atoms with Gasteiger partial charge in [0.15, 0.2) is 0 Å². The van der Waals surface area contributed by atoms with Gasteiger partial charge in [-0.05, 0) is 59.9 Å². The number of benzene rings is 2. The summed E-state index contributed by atoms with van der Waals surface area (Å²) in [4.78, 5) is 31.0. The highest BCUT2D eigenvalue weighted by Gasteiger charge is 2.38. The number of imide groups is 1. The SMILES string of the molecule is CC(c1cccnc1)C(CCOc1ccc(-c2cccc(S(=O)(=O)N3CCCC3)c2)cc1)N1C(=O)CCC1=O. The van der Waals surface area contributed by atoms with Gasteiger partial charge in [-0.25, -0.2) is 8.42 Å². The predicted molar refractivity (Wildman–Crippen MR) is 148 cm³/mol. The standard InChI is InChI=1S/C30H33N3O5S/c1-22(25-7-5-16-31-21-25)28(33-29(34)13-14-30(33)35)15-19-38-26-11-9-23(10-12-26)24-6-4-8-27(20-24)39(36,37)32-17-2-3-18-32/h4-12,16,20-22,28H,2-3,13-15,17-19H2,1H3. The van der Waals surface area contributed by atoms with Crippen LogP contribution in [0.5, 0.6) is 5.75 Å². The summed E-state index contributed by atoms with van der Waals surface area (Å²) in [5.74, 6) is 0.296. The monoisotopic (exact) mass is 547 g/mol. The second-order valence-corrected chi connectivity index (χ2v) is 12.0. The zero-order valence-electron chi connectivity index (χ0n) is 22.0. The van der Waals surface area contributed by atoms with Crippen molar-refractivity contribution in [1.29, 1.82) is 0 Å². The Morgan fingerprint density at radius 2 is 1.64 bits per heavy atom. The molecule has 0 saturated carbocycles. The van der Waals surface area contributed by atoms with Crippen LogP contribution in [-0.2, 0) is 19.6 Å². The lowest BCUT2D eigenvalue weighted by Gasteiger charge is -2.31. The van der Waals surface area contributed by atoms with Crippen LogP contribution in [0.4, 0.5) is 0 Å². The lowest BCUT2D eigenvalue weighted by atomic mass is 9.91. The van der Waals surface area contributed by atoms with E-state index in [9.17, 15) is 18.0 Å². The van der Waals surface area contributed by atoms with Gasteiger partial charge in [0.05, 0.1) is 11.5 Å². The summed E-state index contributed by atoms with van der Waals surface area (Å²) >= 11 is 0. The molecule has 8 nitrogen and oxygen atoms in total. The summed E-state index contributed by atoms with van der Waals surface area (Å²) in [6.45, 7) is 3.48. The number of rotatable bonds is 10. The van der Waals surface area contributed by atoms with Crippen LogP contribution >= 0.6 is 0 Å². The molecule has 2 fully saturated rings. The van der Waals surface area contributed by atoms with Crippen molar-refractivity contribution in [2.75, 3.05) is 19.7 Å². The van der Waals surface area contributed by atoms with E-state index in [1.807, 2.05) is 49.4 Å². The Morgan fingerprint density at radius 1 is 0.923 bits per heavy atom. The van der Waals surface area contributed by atoms with Gasteiger partial charge >= 0.3 is 0 Å². The summed E-state index contributed by atoms with van der Waals surface area (Å²) in [5, 5.41) is 0. The Kier molecular flexibility index (Phi) is 8.09. The number of amides is 2. The van der Waals surface area contributed by atoms with Crippen LogP contribution in [0, 0.1) is 0 Å². The second-order valence-electron chi connectivity index (χ2n) is 10.1. The van der Waals surface area contributed by atoms with E-state index < -0.39 is 10.0 Å². The maximum atomic E-state index is 13.0. The number of carbonyl (C=O) groups is 2. The highest BCUT2D eigenvalue weighted by Crippen LogP contribution is 2.30. The van der Waals surface area contributed by atoms with Crippen LogP contribution in [0.3, 0.4) is 0 Å². The smallest absolute Gasteiger partial charge is 0.243 e. The first-order valence-electron chi connectivity index (χ1n) is 13.4. The van der Waals surface area contributed by atoms with Crippen molar-refractivity contribution in [1.82, 2.24) is 14.2 Å². The molecular weight excluding hydrogens is 514 g/mol. The number of sulfonamides is 1. The topological polar surface area (TPSA) is 96.9 Å². The highest BCUT2D eigenvalue weighted by atomic mass is 32.2. The van der Waals surface area contributed by atoms with Crippen molar-refractivity contribution < 1.29 is 22.7 Å². The number of hydrogen-bond acceptors (Lipinski definition) is 6. The van der Waals surface area contributed by atoms with Gasteiger partial charge in [0.1, 0.15) is 5.75 Å². The van der Waals surface area contributed by atoms with Crippen LogP contribution in [0.15, 0.2) is 78.0 Å². The molecular formula is C30H33N3O5S. The van der Waals surface area contributed by atoms with Crippen molar-refractivity contribution in [3.63, 3.8) is 0 Å². The number of aromatic nitrogens is 1. The van der Waals surface area contributed by atoms with E-state index in [1.54, 1.807) is 34.9 Å². The van der Waals surface area contributed by atoms with Crippen molar-refractivity contribution in [2.45, 2.75) is 55.9 Å². The van der Waals surface area contributed by atoms with E-state index in [2.05, 4.69) is 4.98 Å². The molecule has 2 aliphatic rings. The fourth-order valence-corrected chi connectivity index (χ4v) is 6.95. The Bertz CT molecular complexity index is 1400. The van der Waals surface area contributed by atoms with Crippen LogP contribution in [0.1, 0.15) is 50.5 Å². The molecule has 2 aliphatic heterocycles. The average molecular weight is 548 g/mol. The number of hydrogen-bond donors (Lipinski definition) is 0. The quantitative estimate of drug-likeness (QED) is 0.344. The van der Waals surface area contributed by atoms with Gasteiger partial charge in [0.25, 0.3) is 0 Å². The van der Waals surface area contributed by atoms with E-state index in [0.29, 0.717) is 36.8 Å². The lowest BCUT2D eigenvalue weighted by molar-refractivity contribution is -0.141. The lowest BCUT2D eigenvalue weighted by Crippen LogP contribution is -2.43. The number of carbonyl (C=O) groups excluding carboxylic acids is 2. The normalized spacial score (nSPS) is 17.9. The summed E-state index contributed by atoms with van der Waals surface area (Å²) in [6.07, 6.45) is 6.25. The number of pyridine rings is 1. The summed E-state index contributed by atoms with van der Waals surface area (Å²) in [5.41, 5.74) is 2.67. The highest BCUT2D eigenvalue weighted by molar-refractivity contribution is 7.89. The molecule has 2 atom stereocenters. The fourth-order valence-electron chi connectivity index (χ4n) is 5.39. The molecule has 2 unspecified atom stereocenters. The molecule has 2 aromatic carbocycles. The minimum absolute atomic E-state index is 0.0835. The molecule has 3 heterocycles. The van der Waals surface area contributed by atoms with Crippen LogP contribution < -0.4 is 4.74 Å². The van der Waals surface area contributed by atoms with Crippen molar-refractivity contribution >= 4 is 21.8 Å². The van der Waals surface area contributed by atoms with Crippen LogP contribution in [0.2, 0.25) is 0 Å². The number of likely N-dealkylation sites (tertiary alicyclic amines) is 1. The minimum atomic E-state index is -3.49. The van der Waals surface area contributed by atoms with Crippen LogP contribution in [-0.4, -0.2) is 60.2 Å². The molecule has 3 aromatic rings. The summed E-state index contributed by atoms with van der Waals surface area (Å²) in [6, 6.07) is 18.0. The van der Waals surface area contributed by atoms with Crippen molar-refractivity contribution in [3.05, 3.63) is 78.6 Å². The zero-order valence-corrected chi connectivity index (χ0v) is 22.8. The van der Waals surface area contributed by atoms with Crippen molar-refractivity contribution in [3.8, 4) is 16.9 Å². The number of nitrogens with zero attached hydrogens (tertiary/aromatic N) is 3. The first kappa shape index (κ1) is 27.0. The van der Waals surface area contributed by atoms with Gasteiger partial charge in [-0.15, -0.1) is 0 Å². The molecule has 0 bridgehead atoms. The molecule has 0 radical (unpaired) electrons. The van der Waals surface area contributed by atoms with E-state index in [0.717, 1.165) is 29.5 Å². The summed E-state index contributed by atoms with van der Waals surface area (Å²) in [7, 11) is -3.49. The summed E-state index contributed by atoms with van der Waals surface area (Å²) < 4.78 is 33.5. The molecule has 2 amide bonds. The van der Waals surface area contributed by atoms with Gasteiger partial charge in [-0.2, -0.15) is 4.31 Å². The maximum Gasteiger partial charge on any atom is 0.243 e. The van der Waals surface area contributed by atoms with E-state index in [-0.39, 0.29) is 36.6 Å². The van der Waals surface area contributed by atoms with Crippen LogP contribution in [0.25, 0.3) is 11.1 Å². The average Bonchev–Trinajstić information content (AvgIpc) is 3.63. The molecule has 5 rings (SSSR count). The van der Waals surface area contributed by atoms with Gasteiger partial charge in [-0.3, -0.25) is 19.5 Å². The maximum absolute atomic E-state index is 13.0. The Hall–Kier alpha value is -3.56. The fraction of sp³-hybridized carbons (Fsp3) is 0.367. The molecule has 204 valence electrons. The van der Waals surface area contributed by atoms with Gasteiger partial charge in [0.2, 0.25) is 21.8 Å². The minimum Gasteiger partial charge on any atom is -0.494 e.